The number of aromatic nitrogens is 2. The molecule has 24 heavy (non-hydrogen) atoms. The zero-order valence-electron chi connectivity index (χ0n) is 14.8. The van der Waals surface area contributed by atoms with E-state index in [4.69, 9.17) is 4.74 Å². The summed E-state index contributed by atoms with van der Waals surface area (Å²) in [6.45, 7) is 9.69. The molecule has 1 atom stereocenters. The Morgan fingerprint density at radius 3 is 2.58 bits per heavy atom. The Bertz CT molecular complexity index is 667. The Morgan fingerprint density at radius 1 is 1.25 bits per heavy atom. The predicted octanol–water partition coefficient (Wildman–Crippen LogP) is 2.79. The number of amides is 2. The monoisotopic (exact) mass is 330 g/mol. The lowest BCUT2D eigenvalue weighted by molar-refractivity contribution is 0.207. The summed E-state index contributed by atoms with van der Waals surface area (Å²) < 4.78 is 7.67. The lowest BCUT2D eigenvalue weighted by Gasteiger charge is -2.15. The molecule has 2 N–H and O–H groups in total. The van der Waals surface area contributed by atoms with Gasteiger partial charge < -0.3 is 15.4 Å². The van der Waals surface area contributed by atoms with Crippen LogP contribution >= 0.6 is 0 Å². The third-order valence-corrected chi connectivity index (χ3v) is 3.89. The molecule has 0 spiro atoms. The van der Waals surface area contributed by atoms with E-state index in [0.29, 0.717) is 13.1 Å². The zero-order chi connectivity index (χ0) is 17.5. The fourth-order valence-electron chi connectivity index (χ4n) is 2.54. The third kappa shape index (κ3) is 4.75. The van der Waals surface area contributed by atoms with Crippen molar-refractivity contribution in [1.82, 2.24) is 20.4 Å². The molecule has 2 aromatic rings. The van der Waals surface area contributed by atoms with Gasteiger partial charge in [0.1, 0.15) is 11.9 Å². The van der Waals surface area contributed by atoms with E-state index in [9.17, 15) is 4.79 Å². The van der Waals surface area contributed by atoms with Crippen LogP contribution in [0.3, 0.4) is 0 Å². The maximum absolute atomic E-state index is 12.0. The molecular weight excluding hydrogens is 304 g/mol. The summed E-state index contributed by atoms with van der Waals surface area (Å²) in [5, 5.41) is 10.2. The number of aryl methyl sites for hydroxylation is 2. The summed E-state index contributed by atoms with van der Waals surface area (Å²) in [6, 6.07) is 9.36. The topological polar surface area (TPSA) is 68.2 Å². The highest BCUT2D eigenvalue weighted by molar-refractivity contribution is 5.73. The summed E-state index contributed by atoms with van der Waals surface area (Å²) in [5.74, 6) is 0.797. The van der Waals surface area contributed by atoms with Crippen LogP contribution < -0.4 is 15.4 Å². The van der Waals surface area contributed by atoms with Gasteiger partial charge in [-0.2, -0.15) is 5.10 Å². The molecule has 0 radical (unpaired) electrons. The molecule has 0 unspecified atom stereocenters. The number of urea groups is 1. The fourth-order valence-corrected chi connectivity index (χ4v) is 2.54. The van der Waals surface area contributed by atoms with Crippen molar-refractivity contribution < 1.29 is 9.53 Å². The van der Waals surface area contributed by atoms with Crippen molar-refractivity contribution in [3.63, 3.8) is 0 Å². The van der Waals surface area contributed by atoms with Crippen LogP contribution in [0, 0.1) is 13.8 Å². The number of ether oxygens (including phenoxy) is 1. The van der Waals surface area contributed by atoms with Crippen LogP contribution in [-0.4, -0.2) is 28.5 Å². The van der Waals surface area contributed by atoms with Crippen LogP contribution in [0.5, 0.6) is 5.75 Å². The van der Waals surface area contributed by atoms with Gasteiger partial charge in [-0.15, -0.1) is 0 Å². The second kappa shape index (κ2) is 8.38. The van der Waals surface area contributed by atoms with Gasteiger partial charge in [0.25, 0.3) is 0 Å². The van der Waals surface area contributed by atoms with Crippen molar-refractivity contribution in [2.75, 3.05) is 6.54 Å². The van der Waals surface area contributed by atoms with E-state index in [1.54, 1.807) is 0 Å². The molecule has 0 saturated carbocycles. The summed E-state index contributed by atoms with van der Waals surface area (Å²) >= 11 is 0. The van der Waals surface area contributed by atoms with Gasteiger partial charge in [-0.1, -0.05) is 18.2 Å². The van der Waals surface area contributed by atoms with Gasteiger partial charge in [-0.05, 0) is 39.8 Å². The number of hydrogen-bond acceptors (Lipinski definition) is 3. The van der Waals surface area contributed by atoms with Gasteiger partial charge in [-0.3, -0.25) is 4.68 Å². The first-order valence-corrected chi connectivity index (χ1v) is 8.27. The molecule has 1 aromatic heterocycles. The summed E-state index contributed by atoms with van der Waals surface area (Å²) in [6.07, 6.45) is -0.107. The van der Waals surface area contributed by atoms with E-state index in [-0.39, 0.29) is 12.1 Å². The Morgan fingerprint density at radius 2 is 1.96 bits per heavy atom. The maximum atomic E-state index is 12.0. The molecule has 6 heteroatoms. The molecule has 0 aliphatic carbocycles. The fraction of sp³-hybridized carbons (Fsp3) is 0.444. The Kier molecular flexibility index (Phi) is 6.23. The molecule has 0 bridgehead atoms. The number of nitrogens with zero attached hydrogens (tertiary/aromatic N) is 2. The van der Waals surface area contributed by atoms with Crippen molar-refractivity contribution in [3.8, 4) is 5.75 Å². The van der Waals surface area contributed by atoms with Crippen molar-refractivity contribution in [1.29, 1.82) is 0 Å². The van der Waals surface area contributed by atoms with Crippen LogP contribution in [0.1, 0.15) is 30.8 Å². The van der Waals surface area contributed by atoms with Gasteiger partial charge in [0, 0.05) is 24.3 Å². The van der Waals surface area contributed by atoms with Gasteiger partial charge >= 0.3 is 6.03 Å². The predicted molar refractivity (Wildman–Crippen MR) is 94.1 cm³/mol. The average molecular weight is 330 g/mol. The number of para-hydroxylation sites is 1. The van der Waals surface area contributed by atoms with Gasteiger partial charge in [0.2, 0.25) is 0 Å². The minimum absolute atomic E-state index is 0.107. The Labute approximate surface area is 143 Å². The molecule has 0 fully saturated rings. The number of carbonyl (C=O) groups excluding carboxylic acids is 1. The number of hydrogen-bond donors (Lipinski definition) is 2. The first-order valence-electron chi connectivity index (χ1n) is 8.27. The van der Waals surface area contributed by atoms with Gasteiger partial charge in [0.05, 0.1) is 12.2 Å². The highest BCUT2D eigenvalue weighted by Gasteiger charge is 2.12. The lowest BCUT2D eigenvalue weighted by atomic mass is 10.2. The Hall–Kier alpha value is -2.50. The molecule has 1 heterocycles. The van der Waals surface area contributed by atoms with Crippen LogP contribution in [-0.2, 0) is 13.1 Å². The third-order valence-electron chi connectivity index (χ3n) is 3.89. The first kappa shape index (κ1) is 17.8. The highest BCUT2D eigenvalue weighted by atomic mass is 16.5. The lowest BCUT2D eigenvalue weighted by Crippen LogP contribution is -2.40. The largest absolute Gasteiger partial charge is 0.489 e. The summed E-state index contributed by atoms with van der Waals surface area (Å²) in [5.41, 5.74) is 3.12. The molecule has 0 aliphatic heterocycles. The van der Waals surface area contributed by atoms with Crippen LogP contribution in [0.2, 0.25) is 0 Å². The Balaban J connectivity index is 1.76. The second-order valence-corrected chi connectivity index (χ2v) is 5.77. The second-order valence-electron chi connectivity index (χ2n) is 5.77. The molecule has 0 aliphatic rings. The van der Waals surface area contributed by atoms with E-state index in [2.05, 4.69) is 22.7 Å². The smallest absolute Gasteiger partial charge is 0.315 e. The minimum atomic E-state index is -0.207. The molecule has 1 aromatic carbocycles. The van der Waals surface area contributed by atoms with E-state index < -0.39 is 0 Å². The molecule has 2 rings (SSSR count). The molecule has 130 valence electrons. The highest BCUT2D eigenvalue weighted by Crippen LogP contribution is 2.12. The van der Waals surface area contributed by atoms with Crippen LogP contribution in [0.25, 0.3) is 0 Å². The van der Waals surface area contributed by atoms with E-state index in [1.165, 1.54) is 0 Å². The zero-order valence-corrected chi connectivity index (χ0v) is 14.8. The van der Waals surface area contributed by atoms with Gasteiger partial charge in [0.15, 0.2) is 0 Å². The number of carbonyl (C=O) groups is 1. The quantitative estimate of drug-likeness (QED) is 0.820. The normalized spacial score (nSPS) is 11.8. The number of rotatable bonds is 7. The average Bonchev–Trinajstić information content (AvgIpc) is 2.85. The van der Waals surface area contributed by atoms with Crippen molar-refractivity contribution in [2.45, 2.75) is 46.9 Å². The number of benzene rings is 1. The molecule has 2 amide bonds. The minimum Gasteiger partial charge on any atom is -0.489 e. The molecular formula is C18H26N4O2. The summed E-state index contributed by atoms with van der Waals surface area (Å²) in [4.78, 5) is 12.0. The maximum Gasteiger partial charge on any atom is 0.315 e. The SMILES string of the molecule is CCn1nc(C)c(CNC(=O)NC[C@H](C)Oc2ccccc2)c1C. The van der Waals surface area contributed by atoms with Crippen molar-refractivity contribution >= 4 is 6.03 Å². The standard InChI is InChI=1S/C18H26N4O2/c1-5-22-15(4)17(14(3)21-22)12-20-18(23)19-11-13(2)24-16-9-7-6-8-10-16/h6-10,13H,5,11-12H2,1-4H3,(H2,19,20,23)/t13-/m0/s1. The first-order chi connectivity index (χ1) is 11.5. The van der Waals surface area contributed by atoms with E-state index in [1.807, 2.05) is 55.8 Å². The van der Waals surface area contributed by atoms with Crippen molar-refractivity contribution in [3.05, 3.63) is 47.3 Å². The van der Waals surface area contributed by atoms with E-state index >= 15 is 0 Å². The molecule has 0 saturated heterocycles. The van der Waals surface area contributed by atoms with Gasteiger partial charge in [-0.25, -0.2) is 4.79 Å². The number of nitrogens with one attached hydrogen (secondary N) is 2. The van der Waals surface area contributed by atoms with Crippen LogP contribution in [0.15, 0.2) is 30.3 Å². The van der Waals surface area contributed by atoms with Crippen LogP contribution in [0.4, 0.5) is 4.79 Å². The summed E-state index contributed by atoms with van der Waals surface area (Å²) in [7, 11) is 0. The van der Waals surface area contributed by atoms with Crippen molar-refractivity contribution in [2.24, 2.45) is 0 Å². The van der Waals surface area contributed by atoms with E-state index in [0.717, 1.165) is 29.2 Å². The molecule has 6 nitrogen and oxygen atoms in total.